The Morgan fingerprint density at radius 1 is 1.09 bits per heavy atom. The molecular formula is C16H20N4O3. The predicted molar refractivity (Wildman–Crippen MR) is 83.7 cm³/mol. The molecule has 122 valence electrons. The molecule has 2 amide bonds. The smallest absolute Gasteiger partial charge is 0.251 e. The van der Waals surface area contributed by atoms with E-state index in [2.05, 4.69) is 20.8 Å². The van der Waals surface area contributed by atoms with Crippen LogP contribution in [0.3, 0.4) is 0 Å². The van der Waals surface area contributed by atoms with Gasteiger partial charge in [-0.1, -0.05) is 32.0 Å². The van der Waals surface area contributed by atoms with Crippen molar-refractivity contribution in [2.24, 2.45) is 0 Å². The predicted octanol–water partition coefficient (Wildman–Crippen LogP) is 1.80. The number of hydrogen-bond donors (Lipinski definition) is 2. The zero-order chi connectivity index (χ0) is 16.8. The van der Waals surface area contributed by atoms with E-state index in [1.54, 1.807) is 31.2 Å². The molecule has 0 saturated carbocycles. The zero-order valence-electron chi connectivity index (χ0n) is 13.4. The molecule has 0 aliphatic carbocycles. The summed E-state index contributed by atoms with van der Waals surface area (Å²) in [7, 11) is 0. The van der Waals surface area contributed by atoms with Gasteiger partial charge in [0.25, 0.3) is 5.91 Å². The first-order chi connectivity index (χ1) is 11.0. The van der Waals surface area contributed by atoms with Crippen LogP contribution in [0.4, 0.5) is 0 Å². The third-order valence-corrected chi connectivity index (χ3v) is 3.14. The zero-order valence-corrected chi connectivity index (χ0v) is 13.4. The Hall–Kier alpha value is -2.70. The molecule has 0 fully saturated rings. The minimum absolute atomic E-state index is 0.122. The van der Waals surface area contributed by atoms with Gasteiger partial charge in [0.15, 0.2) is 0 Å². The van der Waals surface area contributed by atoms with Crippen molar-refractivity contribution in [1.29, 1.82) is 0 Å². The fourth-order valence-corrected chi connectivity index (χ4v) is 1.86. The van der Waals surface area contributed by atoms with Crippen molar-refractivity contribution < 1.29 is 14.0 Å². The third-order valence-electron chi connectivity index (χ3n) is 3.14. The van der Waals surface area contributed by atoms with Gasteiger partial charge in [-0.2, -0.15) is 0 Å². The van der Waals surface area contributed by atoms with Gasteiger partial charge in [0.05, 0.1) is 6.54 Å². The number of amides is 2. The number of benzene rings is 1. The molecule has 2 aromatic rings. The molecule has 7 nitrogen and oxygen atoms in total. The summed E-state index contributed by atoms with van der Waals surface area (Å²) in [4.78, 5) is 23.7. The molecule has 23 heavy (non-hydrogen) atoms. The van der Waals surface area contributed by atoms with E-state index < -0.39 is 6.04 Å². The standard InChI is InChI=1S/C16H20N4O3/c1-10(2)15-19-20-16(23-15)11(3)18-13(21)9-17-14(22)12-7-5-4-6-8-12/h4-8,10-11H,9H2,1-3H3,(H,17,22)(H,18,21)/t11-/m1/s1. The molecule has 0 aliphatic rings. The van der Waals surface area contributed by atoms with Crippen molar-refractivity contribution in [3.63, 3.8) is 0 Å². The van der Waals surface area contributed by atoms with Crippen LogP contribution in [0.25, 0.3) is 0 Å². The Kier molecular flexibility index (Phi) is 5.46. The first-order valence-corrected chi connectivity index (χ1v) is 7.43. The normalized spacial score (nSPS) is 12.0. The molecule has 7 heteroatoms. The third kappa shape index (κ3) is 4.64. The average Bonchev–Trinajstić information content (AvgIpc) is 3.04. The maximum Gasteiger partial charge on any atom is 0.251 e. The Morgan fingerprint density at radius 3 is 2.35 bits per heavy atom. The number of aromatic nitrogens is 2. The van der Waals surface area contributed by atoms with Gasteiger partial charge >= 0.3 is 0 Å². The summed E-state index contributed by atoms with van der Waals surface area (Å²) in [5, 5.41) is 13.1. The van der Waals surface area contributed by atoms with Crippen LogP contribution in [0.5, 0.6) is 0 Å². The lowest BCUT2D eigenvalue weighted by Gasteiger charge is -2.10. The van der Waals surface area contributed by atoms with Gasteiger partial charge in [0.2, 0.25) is 17.7 Å². The topological polar surface area (TPSA) is 97.1 Å². The van der Waals surface area contributed by atoms with E-state index in [1.807, 2.05) is 19.9 Å². The summed E-state index contributed by atoms with van der Waals surface area (Å²) >= 11 is 0. The second kappa shape index (κ2) is 7.53. The molecule has 1 atom stereocenters. The Balaban J connectivity index is 1.83. The molecule has 0 radical (unpaired) electrons. The van der Waals surface area contributed by atoms with Crippen LogP contribution in [0.2, 0.25) is 0 Å². The Morgan fingerprint density at radius 2 is 1.74 bits per heavy atom. The van der Waals surface area contributed by atoms with Crippen LogP contribution < -0.4 is 10.6 Å². The summed E-state index contributed by atoms with van der Waals surface area (Å²) in [6, 6.07) is 8.29. The lowest BCUT2D eigenvalue weighted by molar-refractivity contribution is -0.120. The van der Waals surface area contributed by atoms with Crippen LogP contribution >= 0.6 is 0 Å². The average molecular weight is 316 g/mol. The van der Waals surface area contributed by atoms with Gasteiger partial charge in [-0.05, 0) is 19.1 Å². The van der Waals surface area contributed by atoms with Crippen molar-refractivity contribution in [3.05, 3.63) is 47.7 Å². The minimum Gasteiger partial charge on any atom is -0.423 e. The molecule has 0 aliphatic heterocycles. The van der Waals surface area contributed by atoms with Crippen LogP contribution in [-0.4, -0.2) is 28.6 Å². The maximum absolute atomic E-state index is 11.9. The fraction of sp³-hybridized carbons (Fsp3) is 0.375. The molecule has 1 aromatic carbocycles. The second-order valence-corrected chi connectivity index (χ2v) is 5.47. The molecule has 2 rings (SSSR count). The lowest BCUT2D eigenvalue weighted by atomic mass is 10.2. The Bertz CT molecular complexity index is 667. The highest BCUT2D eigenvalue weighted by Gasteiger charge is 2.18. The SMILES string of the molecule is CC(C)c1nnc([C@@H](C)NC(=O)CNC(=O)c2ccccc2)o1. The van der Waals surface area contributed by atoms with Crippen molar-refractivity contribution in [1.82, 2.24) is 20.8 Å². The van der Waals surface area contributed by atoms with Gasteiger partial charge < -0.3 is 15.1 Å². The van der Waals surface area contributed by atoms with E-state index in [9.17, 15) is 9.59 Å². The molecule has 0 unspecified atom stereocenters. The molecule has 0 bridgehead atoms. The highest BCUT2D eigenvalue weighted by Crippen LogP contribution is 2.16. The van der Waals surface area contributed by atoms with Crippen molar-refractivity contribution in [2.45, 2.75) is 32.7 Å². The van der Waals surface area contributed by atoms with Gasteiger partial charge in [-0.15, -0.1) is 10.2 Å². The summed E-state index contributed by atoms with van der Waals surface area (Å²) in [5.74, 6) is 0.374. The summed E-state index contributed by atoms with van der Waals surface area (Å²) in [6.45, 7) is 5.51. The van der Waals surface area contributed by atoms with Crippen molar-refractivity contribution in [2.75, 3.05) is 6.54 Å². The first-order valence-electron chi connectivity index (χ1n) is 7.43. The van der Waals surface area contributed by atoms with Gasteiger partial charge in [-0.25, -0.2) is 0 Å². The van der Waals surface area contributed by atoms with Crippen LogP contribution in [0, 0.1) is 0 Å². The largest absolute Gasteiger partial charge is 0.423 e. The molecule has 0 spiro atoms. The molecule has 1 aromatic heterocycles. The van der Waals surface area contributed by atoms with Crippen molar-refractivity contribution in [3.8, 4) is 0 Å². The number of nitrogens with one attached hydrogen (secondary N) is 2. The monoisotopic (exact) mass is 316 g/mol. The number of carbonyl (C=O) groups is 2. The first kappa shape index (κ1) is 16.7. The highest BCUT2D eigenvalue weighted by molar-refractivity contribution is 5.96. The molecular weight excluding hydrogens is 296 g/mol. The van der Waals surface area contributed by atoms with E-state index in [1.165, 1.54) is 0 Å². The quantitative estimate of drug-likeness (QED) is 0.847. The van der Waals surface area contributed by atoms with Gasteiger partial charge in [0.1, 0.15) is 6.04 Å². The number of nitrogens with zero attached hydrogens (tertiary/aromatic N) is 2. The fourth-order valence-electron chi connectivity index (χ4n) is 1.86. The van der Waals surface area contributed by atoms with E-state index >= 15 is 0 Å². The van der Waals surface area contributed by atoms with E-state index in [0.717, 1.165) is 0 Å². The maximum atomic E-state index is 11.9. The van der Waals surface area contributed by atoms with Gasteiger partial charge in [-0.3, -0.25) is 9.59 Å². The lowest BCUT2D eigenvalue weighted by Crippen LogP contribution is -2.38. The summed E-state index contributed by atoms with van der Waals surface area (Å²) in [5.41, 5.74) is 0.506. The van der Waals surface area contributed by atoms with E-state index in [0.29, 0.717) is 17.3 Å². The molecule has 2 N–H and O–H groups in total. The highest BCUT2D eigenvalue weighted by atomic mass is 16.4. The van der Waals surface area contributed by atoms with Crippen molar-refractivity contribution >= 4 is 11.8 Å². The summed E-state index contributed by atoms with van der Waals surface area (Å²) < 4.78 is 5.48. The Labute approximate surface area is 134 Å². The molecule has 1 heterocycles. The number of carbonyl (C=O) groups excluding carboxylic acids is 2. The summed E-state index contributed by atoms with van der Waals surface area (Å²) in [6.07, 6.45) is 0. The van der Waals surface area contributed by atoms with Crippen LogP contribution in [0.1, 0.15) is 54.9 Å². The second-order valence-electron chi connectivity index (χ2n) is 5.47. The van der Waals surface area contributed by atoms with E-state index in [4.69, 9.17) is 4.42 Å². The number of hydrogen-bond acceptors (Lipinski definition) is 5. The number of rotatable bonds is 6. The van der Waals surface area contributed by atoms with E-state index in [-0.39, 0.29) is 24.3 Å². The van der Waals surface area contributed by atoms with Crippen LogP contribution in [0.15, 0.2) is 34.7 Å². The molecule has 0 saturated heterocycles. The van der Waals surface area contributed by atoms with Gasteiger partial charge in [0, 0.05) is 11.5 Å². The van der Waals surface area contributed by atoms with Crippen LogP contribution in [-0.2, 0) is 4.79 Å². The minimum atomic E-state index is -0.420.